The normalized spacial score (nSPS) is 11.3. The molecule has 0 saturated heterocycles. The van der Waals surface area contributed by atoms with Gasteiger partial charge in [-0.1, -0.05) is 12.1 Å². The molecule has 0 fully saturated rings. The van der Waals surface area contributed by atoms with Crippen molar-refractivity contribution >= 4 is 22.2 Å². The zero-order chi connectivity index (χ0) is 15.1. The maximum Gasteiger partial charge on any atom is 0.307 e. The molecule has 9 heteroatoms. The summed E-state index contributed by atoms with van der Waals surface area (Å²) in [6, 6.07) is 7.65. The van der Waals surface area contributed by atoms with E-state index in [1.807, 2.05) is 24.3 Å². The molecule has 4 aromatic rings. The molecule has 0 amide bonds. The zero-order valence-corrected chi connectivity index (χ0v) is 11.2. The van der Waals surface area contributed by atoms with Gasteiger partial charge in [0.25, 0.3) is 0 Å². The Hall–Kier alpha value is -3.36. The van der Waals surface area contributed by atoms with Crippen molar-refractivity contribution in [3.05, 3.63) is 58.9 Å². The molecule has 4 rings (SSSR count). The van der Waals surface area contributed by atoms with Crippen molar-refractivity contribution in [3.8, 4) is 0 Å². The SMILES string of the molecule is O=[N+]([O-])c1cnn(Cc2nc3c4ccccc4ncn3n2)c1. The van der Waals surface area contributed by atoms with E-state index in [4.69, 9.17) is 0 Å². The summed E-state index contributed by atoms with van der Waals surface area (Å²) in [7, 11) is 0. The fraction of sp³-hybridized carbons (Fsp3) is 0.0769. The zero-order valence-electron chi connectivity index (χ0n) is 11.2. The highest BCUT2D eigenvalue weighted by Crippen LogP contribution is 2.16. The first-order valence-electron chi connectivity index (χ1n) is 6.46. The van der Waals surface area contributed by atoms with E-state index in [2.05, 4.69) is 20.2 Å². The third kappa shape index (κ3) is 1.95. The van der Waals surface area contributed by atoms with Gasteiger partial charge >= 0.3 is 5.69 Å². The van der Waals surface area contributed by atoms with Gasteiger partial charge in [-0.3, -0.25) is 14.8 Å². The second-order valence-corrected chi connectivity index (χ2v) is 4.71. The summed E-state index contributed by atoms with van der Waals surface area (Å²) in [4.78, 5) is 19.0. The second-order valence-electron chi connectivity index (χ2n) is 4.71. The van der Waals surface area contributed by atoms with E-state index in [1.54, 1.807) is 10.8 Å². The van der Waals surface area contributed by atoms with Crippen molar-refractivity contribution in [2.45, 2.75) is 6.54 Å². The molecule has 0 spiro atoms. The Balaban J connectivity index is 1.75. The predicted octanol–water partition coefficient (Wildman–Crippen LogP) is 1.43. The molecular weight excluding hydrogens is 286 g/mol. The van der Waals surface area contributed by atoms with E-state index in [9.17, 15) is 10.1 Å². The lowest BCUT2D eigenvalue weighted by atomic mass is 10.2. The Kier molecular flexibility index (Phi) is 2.58. The number of aromatic nitrogens is 6. The molecule has 0 aliphatic heterocycles. The van der Waals surface area contributed by atoms with E-state index in [0.717, 1.165) is 10.9 Å². The molecule has 1 aromatic carbocycles. The number of nitrogens with zero attached hydrogens (tertiary/aromatic N) is 7. The first kappa shape index (κ1) is 12.4. The number of benzene rings is 1. The van der Waals surface area contributed by atoms with Crippen molar-refractivity contribution in [1.82, 2.24) is 29.4 Å². The molecule has 3 heterocycles. The number of hydrogen-bond acceptors (Lipinski definition) is 6. The van der Waals surface area contributed by atoms with Crippen LogP contribution < -0.4 is 0 Å². The van der Waals surface area contributed by atoms with Crippen molar-refractivity contribution in [2.24, 2.45) is 0 Å². The van der Waals surface area contributed by atoms with Gasteiger partial charge in [0, 0.05) is 5.39 Å². The molecule has 0 N–H and O–H groups in total. The number of hydrogen-bond donors (Lipinski definition) is 0. The second kappa shape index (κ2) is 4.58. The highest BCUT2D eigenvalue weighted by molar-refractivity contribution is 5.90. The van der Waals surface area contributed by atoms with Crippen LogP contribution in [0.1, 0.15) is 5.82 Å². The molecule has 0 atom stereocenters. The topological polar surface area (TPSA) is 104 Å². The lowest BCUT2D eigenvalue weighted by Gasteiger charge is -1.96. The largest absolute Gasteiger partial charge is 0.307 e. The summed E-state index contributed by atoms with van der Waals surface area (Å²) in [6.45, 7) is 0.254. The Morgan fingerprint density at radius 2 is 2.14 bits per heavy atom. The van der Waals surface area contributed by atoms with Gasteiger partial charge in [0.1, 0.15) is 25.3 Å². The van der Waals surface area contributed by atoms with Gasteiger partial charge in [0.2, 0.25) is 0 Å². The minimum atomic E-state index is -0.488. The van der Waals surface area contributed by atoms with Gasteiger partial charge in [-0.15, -0.1) is 5.10 Å². The lowest BCUT2D eigenvalue weighted by Crippen LogP contribution is -2.02. The molecule has 3 aromatic heterocycles. The van der Waals surface area contributed by atoms with Gasteiger partial charge < -0.3 is 0 Å². The standard InChI is InChI=1S/C13H9N7O2/c21-20(22)9-5-15-18(6-9)7-12-16-13-10-3-1-2-4-11(10)14-8-19(13)17-12/h1-6,8H,7H2. The van der Waals surface area contributed by atoms with Crippen LogP contribution in [-0.4, -0.2) is 34.3 Å². The average Bonchev–Trinajstić information content (AvgIpc) is 3.14. The quantitative estimate of drug-likeness (QED) is 0.418. The summed E-state index contributed by atoms with van der Waals surface area (Å²) < 4.78 is 3.03. The van der Waals surface area contributed by atoms with E-state index in [-0.39, 0.29) is 12.2 Å². The van der Waals surface area contributed by atoms with E-state index < -0.39 is 4.92 Å². The van der Waals surface area contributed by atoms with Gasteiger partial charge in [0.15, 0.2) is 11.5 Å². The first-order chi connectivity index (χ1) is 10.7. The monoisotopic (exact) mass is 295 g/mol. The molecule has 22 heavy (non-hydrogen) atoms. The van der Waals surface area contributed by atoms with Crippen LogP contribution in [0.5, 0.6) is 0 Å². The Morgan fingerprint density at radius 1 is 1.27 bits per heavy atom. The van der Waals surface area contributed by atoms with Crippen LogP contribution in [0.3, 0.4) is 0 Å². The summed E-state index contributed by atoms with van der Waals surface area (Å²) in [5.41, 5.74) is 1.47. The fourth-order valence-electron chi connectivity index (χ4n) is 2.27. The highest BCUT2D eigenvalue weighted by Gasteiger charge is 2.12. The predicted molar refractivity (Wildman–Crippen MR) is 76.3 cm³/mol. The Labute approximate surface area is 123 Å². The molecule has 0 saturated carbocycles. The van der Waals surface area contributed by atoms with E-state index >= 15 is 0 Å². The summed E-state index contributed by atoms with van der Waals surface area (Å²) in [6.07, 6.45) is 4.15. The van der Waals surface area contributed by atoms with Gasteiger partial charge in [-0.2, -0.15) is 5.10 Å². The van der Waals surface area contributed by atoms with Gasteiger partial charge in [-0.05, 0) is 12.1 Å². The Bertz CT molecular complexity index is 1000. The minimum Gasteiger partial charge on any atom is -0.258 e. The lowest BCUT2D eigenvalue weighted by molar-refractivity contribution is -0.385. The minimum absolute atomic E-state index is 0.0594. The third-order valence-electron chi connectivity index (χ3n) is 3.26. The first-order valence-corrected chi connectivity index (χ1v) is 6.46. The van der Waals surface area contributed by atoms with Crippen molar-refractivity contribution in [2.75, 3.05) is 0 Å². The van der Waals surface area contributed by atoms with Crippen LogP contribution >= 0.6 is 0 Å². The summed E-state index contributed by atoms with van der Waals surface area (Å²) in [5.74, 6) is 0.510. The van der Waals surface area contributed by atoms with E-state index in [1.165, 1.54) is 17.1 Å². The maximum absolute atomic E-state index is 10.7. The fourth-order valence-corrected chi connectivity index (χ4v) is 2.27. The number of fused-ring (bicyclic) bond motifs is 3. The molecule has 0 aliphatic rings. The summed E-state index contributed by atoms with van der Waals surface area (Å²) >= 11 is 0. The van der Waals surface area contributed by atoms with Crippen LogP contribution in [0.4, 0.5) is 5.69 Å². The molecule has 0 unspecified atom stereocenters. The van der Waals surface area contributed by atoms with Crippen LogP contribution in [0, 0.1) is 10.1 Å². The number of rotatable bonds is 3. The maximum atomic E-state index is 10.7. The molecule has 0 bridgehead atoms. The third-order valence-corrected chi connectivity index (χ3v) is 3.26. The molecule has 9 nitrogen and oxygen atoms in total. The van der Waals surface area contributed by atoms with Crippen molar-refractivity contribution in [1.29, 1.82) is 0 Å². The van der Waals surface area contributed by atoms with Crippen LogP contribution in [0.25, 0.3) is 16.6 Å². The average molecular weight is 295 g/mol. The van der Waals surface area contributed by atoms with Crippen molar-refractivity contribution < 1.29 is 4.92 Å². The number of para-hydroxylation sites is 1. The summed E-state index contributed by atoms with van der Waals surface area (Å²) in [5, 5.41) is 19.8. The van der Waals surface area contributed by atoms with Gasteiger partial charge in [0.05, 0.1) is 10.4 Å². The smallest absolute Gasteiger partial charge is 0.258 e. The van der Waals surface area contributed by atoms with Gasteiger partial charge in [-0.25, -0.2) is 14.5 Å². The van der Waals surface area contributed by atoms with E-state index in [0.29, 0.717) is 11.5 Å². The Morgan fingerprint density at radius 3 is 2.95 bits per heavy atom. The van der Waals surface area contributed by atoms with Crippen molar-refractivity contribution in [3.63, 3.8) is 0 Å². The molecule has 0 radical (unpaired) electrons. The molecule has 0 aliphatic carbocycles. The van der Waals surface area contributed by atoms with Crippen LogP contribution in [0.15, 0.2) is 43.0 Å². The van der Waals surface area contributed by atoms with Crippen LogP contribution in [-0.2, 0) is 6.54 Å². The van der Waals surface area contributed by atoms with Crippen LogP contribution in [0.2, 0.25) is 0 Å². The number of nitro groups is 1. The molecular formula is C13H9N7O2. The highest BCUT2D eigenvalue weighted by atomic mass is 16.6. The molecule has 108 valence electrons.